The zero-order valence-corrected chi connectivity index (χ0v) is 13.2. The first-order valence-electron chi connectivity index (χ1n) is 7.63. The van der Waals surface area contributed by atoms with Gasteiger partial charge in [0, 0.05) is 23.5 Å². The Bertz CT molecular complexity index is 433. The number of benzene rings is 1. The molecule has 1 aromatic carbocycles. The molecule has 110 valence electrons. The lowest BCUT2D eigenvalue weighted by Gasteiger charge is -2.39. The molecule has 2 rings (SSSR count). The van der Waals surface area contributed by atoms with Crippen LogP contribution in [0.4, 0.5) is 0 Å². The van der Waals surface area contributed by atoms with Gasteiger partial charge in [0.05, 0.1) is 0 Å². The maximum Gasteiger partial charge on any atom is 0.223 e. The van der Waals surface area contributed by atoms with Crippen molar-refractivity contribution in [1.29, 1.82) is 0 Å². The third-order valence-corrected chi connectivity index (χ3v) is 4.50. The zero-order chi connectivity index (χ0) is 14.5. The van der Waals surface area contributed by atoms with Crippen molar-refractivity contribution >= 4 is 17.5 Å². The van der Waals surface area contributed by atoms with Crippen molar-refractivity contribution in [2.24, 2.45) is 0 Å². The molecule has 0 saturated carbocycles. The van der Waals surface area contributed by atoms with E-state index in [0.29, 0.717) is 24.4 Å². The second kappa shape index (κ2) is 7.12. The van der Waals surface area contributed by atoms with E-state index in [2.05, 4.69) is 18.7 Å². The normalized spacial score (nSPS) is 22.9. The number of aryl methyl sites for hydroxylation is 1. The SMILES string of the molecule is CC1CCCC(C)N1C(=O)CCCc1ccc(Cl)cc1. The molecule has 3 heteroatoms. The van der Waals surface area contributed by atoms with Gasteiger partial charge in [-0.05, 0) is 63.6 Å². The Morgan fingerprint density at radius 2 is 1.80 bits per heavy atom. The fourth-order valence-corrected chi connectivity index (χ4v) is 3.26. The van der Waals surface area contributed by atoms with E-state index in [1.807, 2.05) is 24.3 Å². The van der Waals surface area contributed by atoms with Crippen molar-refractivity contribution in [2.45, 2.75) is 64.5 Å². The molecule has 0 bridgehead atoms. The molecule has 1 heterocycles. The maximum absolute atomic E-state index is 12.4. The van der Waals surface area contributed by atoms with Gasteiger partial charge in [-0.1, -0.05) is 23.7 Å². The van der Waals surface area contributed by atoms with Gasteiger partial charge in [-0.2, -0.15) is 0 Å². The lowest BCUT2D eigenvalue weighted by molar-refractivity contribution is -0.137. The molecule has 0 aromatic heterocycles. The quantitative estimate of drug-likeness (QED) is 0.803. The van der Waals surface area contributed by atoms with Crippen molar-refractivity contribution in [3.8, 4) is 0 Å². The predicted molar refractivity (Wildman–Crippen MR) is 84.0 cm³/mol. The number of nitrogens with zero attached hydrogens (tertiary/aromatic N) is 1. The second-order valence-electron chi connectivity index (χ2n) is 5.91. The van der Waals surface area contributed by atoms with Gasteiger partial charge in [0.1, 0.15) is 0 Å². The zero-order valence-electron chi connectivity index (χ0n) is 12.4. The summed E-state index contributed by atoms with van der Waals surface area (Å²) >= 11 is 5.87. The number of carbonyl (C=O) groups is 1. The first kappa shape index (κ1) is 15.4. The Hall–Kier alpha value is -1.02. The average molecular weight is 294 g/mol. The maximum atomic E-state index is 12.4. The van der Waals surface area contributed by atoms with Crippen LogP contribution in [-0.4, -0.2) is 22.9 Å². The van der Waals surface area contributed by atoms with E-state index in [-0.39, 0.29) is 0 Å². The summed E-state index contributed by atoms with van der Waals surface area (Å²) in [5.41, 5.74) is 1.25. The number of carbonyl (C=O) groups excluding carboxylic acids is 1. The standard InChI is InChI=1S/C17H24ClNO/c1-13-5-3-6-14(2)19(13)17(20)8-4-7-15-9-11-16(18)12-10-15/h9-14H,3-8H2,1-2H3. The summed E-state index contributed by atoms with van der Waals surface area (Å²) in [6, 6.07) is 8.71. The van der Waals surface area contributed by atoms with Crippen LogP contribution in [0, 0.1) is 0 Å². The average Bonchev–Trinajstić information content (AvgIpc) is 2.41. The Kier molecular flexibility index (Phi) is 5.47. The van der Waals surface area contributed by atoms with Gasteiger partial charge in [-0.3, -0.25) is 4.79 Å². The van der Waals surface area contributed by atoms with Crippen molar-refractivity contribution in [1.82, 2.24) is 4.90 Å². The third kappa shape index (κ3) is 3.99. The minimum atomic E-state index is 0.318. The molecule has 1 aliphatic heterocycles. The Morgan fingerprint density at radius 3 is 2.40 bits per heavy atom. The summed E-state index contributed by atoms with van der Waals surface area (Å²) in [5, 5.41) is 0.765. The molecule has 1 aliphatic rings. The summed E-state index contributed by atoms with van der Waals surface area (Å²) in [6.07, 6.45) is 6.05. The molecule has 1 fully saturated rings. The number of rotatable bonds is 4. The highest BCUT2D eigenvalue weighted by atomic mass is 35.5. The molecule has 0 N–H and O–H groups in total. The lowest BCUT2D eigenvalue weighted by atomic mass is 9.96. The Labute approximate surface area is 127 Å². The third-order valence-electron chi connectivity index (χ3n) is 4.25. The van der Waals surface area contributed by atoms with E-state index >= 15 is 0 Å². The summed E-state index contributed by atoms with van der Waals surface area (Å²) < 4.78 is 0. The minimum absolute atomic E-state index is 0.318. The monoisotopic (exact) mass is 293 g/mol. The van der Waals surface area contributed by atoms with Crippen molar-refractivity contribution in [3.63, 3.8) is 0 Å². The largest absolute Gasteiger partial charge is 0.337 e. The fourth-order valence-electron chi connectivity index (χ4n) is 3.14. The van der Waals surface area contributed by atoms with Gasteiger partial charge in [0.25, 0.3) is 0 Å². The van der Waals surface area contributed by atoms with Crippen LogP contribution in [0.3, 0.4) is 0 Å². The number of hydrogen-bond donors (Lipinski definition) is 0. The summed E-state index contributed by atoms with van der Waals surface area (Å²) in [4.78, 5) is 14.5. The van der Waals surface area contributed by atoms with Crippen LogP contribution in [0.2, 0.25) is 5.02 Å². The highest BCUT2D eigenvalue weighted by Crippen LogP contribution is 2.23. The number of piperidine rings is 1. The first-order valence-corrected chi connectivity index (χ1v) is 8.01. The fraction of sp³-hybridized carbons (Fsp3) is 0.588. The second-order valence-corrected chi connectivity index (χ2v) is 6.35. The summed E-state index contributed by atoms with van der Waals surface area (Å²) in [5.74, 6) is 0.318. The van der Waals surface area contributed by atoms with Crippen LogP contribution >= 0.6 is 11.6 Å². The van der Waals surface area contributed by atoms with Crippen molar-refractivity contribution < 1.29 is 4.79 Å². The molecule has 2 unspecified atom stereocenters. The molecule has 2 atom stereocenters. The van der Waals surface area contributed by atoms with Crippen LogP contribution in [0.5, 0.6) is 0 Å². The molecule has 2 nitrogen and oxygen atoms in total. The molecule has 1 saturated heterocycles. The van der Waals surface area contributed by atoms with Crippen LogP contribution < -0.4 is 0 Å². The van der Waals surface area contributed by atoms with Crippen molar-refractivity contribution in [3.05, 3.63) is 34.9 Å². The van der Waals surface area contributed by atoms with Crippen LogP contribution in [-0.2, 0) is 11.2 Å². The number of likely N-dealkylation sites (tertiary alicyclic amines) is 1. The topological polar surface area (TPSA) is 20.3 Å². The van der Waals surface area contributed by atoms with Gasteiger partial charge >= 0.3 is 0 Å². The van der Waals surface area contributed by atoms with Gasteiger partial charge in [-0.25, -0.2) is 0 Å². The van der Waals surface area contributed by atoms with Crippen LogP contribution in [0.1, 0.15) is 51.5 Å². The molecule has 20 heavy (non-hydrogen) atoms. The molecule has 0 radical (unpaired) electrons. The minimum Gasteiger partial charge on any atom is -0.337 e. The van der Waals surface area contributed by atoms with Gasteiger partial charge in [-0.15, -0.1) is 0 Å². The first-order chi connectivity index (χ1) is 9.58. The van der Waals surface area contributed by atoms with E-state index in [0.717, 1.165) is 30.7 Å². The van der Waals surface area contributed by atoms with Crippen LogP contribution in [0.25, 0.3) is 0 Å². The van der Waals surface area contributed by atoms with Crippen molar-refractivity contribution in [2.75, 3.05) is 0 Å². The van der Waals surface area contributed by atoms with E-state index in [1.165, 1.54) is 12.0 Å². The van der Waals surface area contributed by atoms with Gasteiger partial charge in [0.15, 0.2) is 0 Å². The predicted octanol–water partition coefficient (Wildman–Crippen LogP) is 4.45. The molecular weight excluding hydrogens is 270 g/mol. The Morgan fingerprint density at radius 1 is 1.20 bits per heavy atom. The highest BCUT2D eigenvalue weighted by Gasteiger charge is 2.28. The van der Waals surface area contributed by atoms with E-state index in [9.17, 15) is 4.79 Å². The lowest BCUT2D eigenvalue weighted by Crippen LogP contribution is -2.47. The summed E-state index contributed by atoms with van der Waals surface area (Å²) in [6.45, 7) is 4.35. The molecule has 1 amide bonds. The Balaban J connectivity index is 1.81. The molecule has 0 aliphatic carbocycles. The number of hydrogen-bond acceptors (Lipinski definition) is 1. The molecular formula is C17H24ClNO. The van der Waals surface area contributed by atoms with Gasteiger partial charge < -0.3 is 4.90 Å². The number of amides is 1. The molecule has 0 spiro atoms. The van der Waals surface area contributed by atoms with Gasteiger partial charge in [0.2, 0.25) is 5.91 Å². The molecule has 1 aromatic rings. The highest BCUT2D eigenvalue weighted by molar-refractivity contribution is 6.30. The van der Waals surface area contributed by atoms with E-state index in [4.69, 9.17) is 11.6 Å². The number of halogens is 1. The summed E-state index contributed by atoms with van der Waals surface area (Å²) in [7, 11) is 0. The smallest absolute Gasteiger partial charge is 0.223 e. The van der Waals surface area contributed by atoms with Crippen LogP contribution in [0.15, 0.2) is 24.3 Å². The van der Waals surface area contributed by atoms with E-state index < -0.39 is 0 Å². The van der Waals surface area contributed by atoms with E-state index in [1.54, 1.807) is 0 Å².